The summed E-state index contributed by atoms with van der Waals surface area (Å²) in [5.41, 5.74) is 5.02. The zero-order valence-corrected chi connectivity index (χ0v) is 12.4. The second kappa shape index (κ2) is 7.33. The van der Waals surface area contributed by atoms with Gasteiger partial charge in [-0.2, -0.15) is 5.10 Å². The Labute approximate surface area is 133 Å². The third kappa shape index (κ3) is 4.24. The van der Waals surface area contributed by atoms with E-state index in [0.717, 1.165) is 11.1 Å². The van der Waals surface area contributed by atoms with Gasteiger partial charge in [0.2, 0.25) is 0 Å². The summed E-state index contributed by atoms with van der Waals surface area (Å²) < 4.78 is 1.72. The van der Waals surface area contributed by atoms with Crippen LogP contribution in [0.3, 0.4) is 0 Å². The number of hydrogen-bond donors (Lipinski definition) is 1. The Morgan fingerprint density at radius 2 is 1.83 bits per heavy atom. The first kappa shape index (κ1) is 14.9. The summed E-state index contributed by atoms with van der Waals surface area (Å²) in [4.78, 5) is 21.1. The molecular formula is C17H16N4O2. The van der Waals surface area contributed by atoms with Crippen molar-refractivity contribution < 1.29 is 9.63 Å². The van der Waals surface area contributed by atoms with Gasteiger partial charge < -0.3 is 0 Å². The Hall–Kier alpha value is -2.99. The first-order chi connectivity index (χ1) is 11.3. The third-order valence-electron chi connectivity index (χ3n) is 3.27. The van der Waals surface area contributed by atoms with Crippen LogP contribution in [-0.4, -0.2) is 20.7 Å². The van der Waals surface area contributed by atoms with Gasteiger partial charge >= 0.3 is 0 Å². The van der Waals surface area contributed by atoms with Crippen molar-refractivity contribution in [3.8, 4) is 0 Å². The van der Waals surface area contributed by atoms with Gasteiger partial charge in [-0.1, -0.05) is 42.5 Å². The zero-order valence-electron chi connectivity index (χ0n) is 12.4. The summed E-state index contributed by atoms with van der Waals surface area (Å²) in [5.74, 6) is -0.270. The molecule has 0 atom stereocenters. The van der Waals surface area contributed by atoms with E-state index in [-0.39, 0.29) is 5.91 Å². The molecule has 0 fully saturated rings. The number of carbonyl (C=O) groups excluding carboxylic acids is 1. The van der Waals surface area contributed by atoms with Crippen LogP contribution >= 0.6 is 0 Å². The summed E-state index contributed by atoms with van der Waals surface area (Å²) in [6.45, 7) is 0.948. The van der Waals surface area contributed by atoms with E-state index in [9.17, 15) is 4.79 Å². The average Bonchev–Trinajstić information content (AvgIpc) is 3.09. The van der Waals surface area contributed by atoms with E-state index in [1.165, 1.54) is 6.33 Å². The Bertz CT molecular complexity index is 740. The fraction of sp³-hybridized carbons (Fsp3) is 0.118. The van der Waals surface area contributed by atoms with Crippen LogP contribution in [0.4, 0.5) is 0 Å². The first-order valence-corrected chi connectivity index (χ1v) is 7.19. The summed E-state index contributed by atoms with van der Waals surface area (Å²) in [5, 5.41) is 4.04. The third-order valence-corrected chi connectivity index (χ3v) is 3.27. The number of benzene rings is 2. The Morgan fingerprint density at radius 3 is 2.52 bits per heavy atom. The SMILES string of the molecule is O=C(NOCc1ccccc1)c1ccc(Cn2cncn2)cc1. The monoisotopic (exact) mass is 308 g/mol. The van der Waals surface area contributed by atoms with Crippen LogP contribution in [0.5, 0.6) is 0 Å². The molecule has 0 unspecified atom stereocenters. The lowest BCUT2D eigenvalue weighted by Crippen LogP contribution is -2.23. The van der Waals surface area contributed by atoms with Crippen LogP contribution < -0.4 is 5.48 Å². The highest BCUT2D eigenvalue weighted by molar-refractivity contribution is 5.93. The van der Waals surface area contributed by atoms with E-state index in [4.69, 9.17) is 4.84 Å². The lowest BCUT2D eigenvalue weighted by molar-refractivity contribution is 0.0233. The highest BCUT2D eigenvalue weighted by Gasteiger charge is 2.05. The molecule has 3 aromatic rings. The summed E-state index contributed by atoms with van der Waals surface area (Å²) >= 11 is 0. The van der Waals surface area contributed by atoms with Crippen molar-refractivity contribution in [1.82, 2.24) is 20.2 Å². The molecule has 0 spiro atoms. The van der Waals surface area contributed by atoms with Gasteiger partial charge in [0.1, 0.15) is 12.7 Å². The molecule has 3 rings (SSSR count). The molecule has 0 bridgehead atoms. The number of amides is 1. The predicted octanol–water partition coefficient (Wildman–Crippen LogP) is 2.19. The fourth-order valence-corrected chi connectivity index (χ4v) is 2.08. The molecule has 116 valence electrons. The summed E-state index contributed by atoms with van der Waals surface area (Å²) in [7, 11) is 0. The molecular weight excluding hydrogens is 292 g/mol. The van der Waals surface area contributed by atoms with Crippen LogP contribution in [0.25, 0.3) is 0 Å². The maximum Gasteiger partial charge on any atom is 0.274 e. The van der Waals surface area contributed by atoms with Gasteiger partial charge in [0.15, 0.2) is 0 Å². The molecule has 23 heavy (non-hydrogen) atoms. The molecule has 2 aromatic carbocycles. The van der Waals surface area contributed by atoms with Gasteiger partial charge in [-0.05, 0) is 23.3 Å². The van der Waals surface area contributed by atoms with Crippen molar-refractivity contribution in [2.75, 3.05) is 0 Å². The van der Waals surface area contributed by atoms with Crippen LogP contribution in [0.2, 0.25) is 0 Å². The quantitative estimate of drug-likeness (QED) is 0.709. The molecule has 1 amide bonds. The molecule has 0 aliphatic rings. The topological polar surface area (TPSA) is 69.0 Å². The van der Waals surface area contributed by atoms with Crippen molar-refractivity contribution in [3.05, 3.63) is 83.9 Å². The number of nitrogens with one attached hydrogen (secondary N) is 1. The summed E-state index contributed by atoms with van der Waals surface area (Å²) in [6.07, 6.45) is 3.14. The van der Waals surface area contributed by atoms with Crippen LogP contribution in [0.1, 0.15) is 21.5 Å². The van der Waals surface area contributed by atoms with E-state index in [2.05, 4.69) is 15.6 Å². The standard InChI is InChI=1S/C17H16N4O2/c22-17(20-23-11-15-4-2-1-3-5-15)16-8-6-14(7-9-16)10-21-13-18-12-19-21/h1-9,12-13H,10-11H2,(H,20,22). The lowest BCUT2D eigenvalue weighted by atomic mass is 10.1. The molecule has 1 aromatic heterocycles. The van der Waals surface area contributed by atoms with Crippen LogP contribution in [0, 0.1) is 0 Å². The number of hydroxylamine groups is 1. The van der Waals surface area contributed by atoms with Crippen molar-refractivity contribution in [3.63, 3.8) is 0 Å². The summed E-state index contributed by atoms with van der Waals surface area (Å²) in [6, 6.07) is 16.9. The lowest BCUT2D eigenvalue weighted by Gasteiger charge is -2.07. The van der Waals surface area contributed by atoms with Crippen molar-refractivity contribution in [2.45, 2.75) is 13.2 Å². The van der Waals surface area contributed by atoms with E-state index >= 15 is 0 Å². The molecule has 0 aliphatic carbocycles. The first-order valence-electron chi connectivity index (χ1n) is 7.19. The maximum absolute atomic E-state index is 12.0. The van der Waals surface area contributed by atoms with Crippen LogP contribution in [0.15, 0.2) is 67.3 Å². The number of nitrogens with zero attached hydrogens (tertiary/aromatic N) is 3. The van der Waals surface area contributed by atoms with E-state index in [1.807, 2.05) is 42.5 Å². The van der Waals surface area contributed by atoms with Gasteiger partial charge in [-0.25, -0.2) is 15.1 Å². The average molecular weight is 308 g/mol. The number of carbonyl (C=O) groups is 1. The highest BCUT2D eigenvalue weighted by atomic mass is 16.6. The number of rotatable bonds is 6. The van der Waals surface area contributed by atoms with Gasteiger partial charge in [-0.15, -0.1) is 0 Å². The molecule has 1 heterocycles. The second-order valence-electron chi connectivity index (χ2n) is 5.00. The normalized spacial score (nSPS) is 10.4. The van der Waals surface area contributed by atoms with Crippen molar-refractivity contribution >= 4 is 5.91 Å². The van der Waals surface area contributed by atoms with Gasteiger partial charge in [0, 0.05) is 5.56 Å². The smallest absolute Gasteiger partial charge is 0.269 e. The Balaban J connectivity index is 1.51. The highest BCUT2D eigenvalue weighted by Crippen LogP contribution is 2.06. The number of aromatic nitrogens is 3. The van der Waals surface area contributed by atoms with Gasteiger partial charge in [-0.3, -0.25) is 9.63 Å². The Morgan fingerprint density at radius 1 is 1.04 bits per heavy atom. The second-order valence-corrected chi connectivity index (χ2v) is 5.00. The van der Waals surface area contributed by atoms with E-state index < -0.39 is 0 Å². The molecule has 0 saturated carbocycles. The largest absolute Gasteiger partial charge is 0.274 e. The molecule has 0 aliphatic heterocycles. The minimum Gasteiger partial charge on any atom is -0.269 e. The predicted molar refractivity (Wildman–Crippen MR) is 84.3 cm³/mol. The van der Waals surface area contributed by atoms with E-state index in [0.29, 0.717) is 18.7 Å². The molecule has 0 radical (unpaired) electrons. The maximum atomic E-state index is 12.0. The minimum absolute atomic E-state index is 0.270. The minimum atomic E-state index is -0.270. The van der Waals surface area contributed by atoms with E-state index in [1.54, 1.807) is 23.1 Å². The Kier molecular flexibility index (Phi) is 4.76. The zero-order chi connectivity index (χ0) is 15.9. The van der Waals surface area contributed by atoms with Crippen molar-refractivity contribution in [1.29, 1.82) is 0 Å². The molecule has 1 N–H and O–H groups in total. The van der Waals surface area contributed by atoms with Gasteiger partial charge in [0.25, 0.3) is 5.91 Å². The number of hydrogen-bond acceptors (Lipinski definition) is 4. The molecule has 6 nitrogen and oxygen atoms in total. The van der Waals surface area contributed by atoms with Crippen LogP contribution in [-0.2, 0) is 18.0 Å². The fourth-order valence-electron chi connectivity index (χ4n) is 2.08. The van der Waals surface area contributed by atoms with Gasteiger partial charge in [0.05, 0.1) is 13.2 Å². The molecule has 0 saturated heterocycles. The molecule has 6 heteroatoms. The van der Waals surface area contributed by atoms with Crippen molar-refractivity contribution in [2.24, 2.45) is 0 Å².